The maximum absolute atomic E-state index is 12.8. The van der Waals surface area contributed by atoms with Crippen molar-refractivity contribution in [2.75, 3.05) is 25.0 Å². The second-order valence-electron chi connectivity index (χ2n) is 7.71. The Balaban J connectivity index is 1.79. The highest BCUT2D eigenvalue weighted by Gasteiger charge is 2.31. The van der Waals surface area contributed by atoms with E-state index in [4.69, 9.17) is 4.74 Å². The second-order valence-corrected chi connectivity index (χ2v) is 8.81. The fourth-order valence-electron chi connectivity index (χ4n) is 3.91. The van der Waals surface area contributed by atoms with E-state index in [9.17, 15) is 14.7 Å². The van der Waals surface area contributed by atoms with E-state index >= 15 is 0 Å². The van der Waals surface area contributed by atoms with Gasteiger partial charge in [-0.2, -0.15) is 0 Å². The van der Waals surface area contributed by atoms with Gasteiger partial charge in [0.15, 0.2) is 0 Å². The summed E-state index contributed by atoms with van der Waals surface area (Å²) < 4.78 is 5.27. The Hall–Kier alpha value is -1.44. The number of esters is 1. The lowest BCUT2D eigenvalue weighted by atomic mass is 9.88. The number of carbonyl (C=O) groups excluding carboxylic acids is 2. The number of piperidine rings is 1. The highest BCUT2D eigenvalue weighted by molar-refractivity contribution is 7.17. The molecule has 6 nitrogen and oxygen atoms in total. The van der Waals surface area contributed by atoms with Crippen molar-refractivity contribution in [3.8, 4) is 0 Å². The molecule has 0 bridgehead atoms. The first-order chi connectivity index (χ1) is 12.9. The maximum Gasteiger partial charge on any atom is 0.341 e. The SMILES string of the molecule is CCOC(=O)c1c(NC(=O)C(C)N2CCC(O)CC2)sc2c1CCC(C)C2. The van der Waals surface area contributed by atoms with Crippen LogP contribution in [0.15, 0.2) is 0 Å². The number of likely N-dealkylation sites (tertiary alicyclic amines) is 1. The van der Waals surface area contributed by atoms with Crippen LogP contribution in [0.25, 0.3) is 0 Å². The summed E-state index contributed by atoms with van der Waals surface area (Å²) in [6, 6.07) is -0.300. The largest absolute Gasteiger partial charge is 0.462 e. The Morgan fingerprint density at radius 3 is 2.70 bits per heavy atom. The second kappa shape index (κ2) is 8.71. The molecule has 1 aliphatic heterocycles. The lowest BCUT2D eigenvalue weighted by Gasteiger charge is -2.33. The number of thiophene rings is 1. The lowest BCUT2D eigenvalue weighted by Crippen LogP contribution is -2.47. The van der Waals surface area contributed by atoms with Crippen molar-refractivity contribution < 1.29 is 19.4 Å². The first-order valence-corrected chi connectivity index (χ1v) is 10.8. The van der Waals surface area contributed by atoms with Crippen molar-refractivity contribution >= 4 is 28.2 Å². The summed E-state index contributed by atoms with van der Waals surface area (Å²) in [6.45, 7) is 7.63. The summed E-state index contributed by atoms with van der Waals surface area (Å²) in [5.41, 5.74) is 1.61. The number of hydrogen-bond donors (Lipinski definition) is 2. The molecule has 1 aliphatic carbocycles. The molecule has 3 rings (SSSR count). The summed E-state index contributed by atoms with van der Waals surface area (Å²) in [7, 11) is 0. The van der Waals surface area contributed by atoms with E-state index in [2.05, 4.69) is 17.1 Å². The van der Waals surface area contributed by atoms with Gasteiger partial charge in [-0.15, -0.1) is 11.3 Å². The molecule has 27 heavy (non-hydrogen) atoms. The molecule has 1 amide bonds. The van der Waals surface area contributed by atoms with Gasteiger partial charge in [-0.05, 0) is 57.4 Å². The fraction of sp³-hybridized carbons (Fsp3) is 0.700. The van der Waals surface area contributed by atoms with Gasteiger partial charge in [0.05, 0.1) is 24.3 Å². The van der Waals surface area contributed by atoms with E-state index < -0.39 is 0 Å². The number of aliphatic hydroxyl groups is 1. The van der Waals surface area contributed by atoms with Gasteiger partial charge in [-0.25, -0.2) is 4.79 Å². The van der Waals surface area contributed by atoms with Crippen LogP contribution in [-0.4, -0.2) is 53.7 Å². The smallest absolute Gasteiger partial charge is 0.341 e. The number of amides is 1. The molecule has 2 atom stereocenters. The summed E-state index contributed by atoms with van der Waals surface area (Å²) >= 11 is 1.52. The first kappa shape index (κ1) is 20.3. The minimum atomic E-state index is -0.339. The van der Waals surface area contributed by atoms with Crippen molar-refractivity contribution in [3.63, 3.8) is 0 Å². The average Bonchev–Trinajstić information content (AvgIpc) is 2.98. The molecule has 2 N–H and O–H groups in total. The normalized spacial score (nSPS) is 22.1. The van der Waals surface area contributed by atoms with Gasteiger partial charge >= 0.3 is 5.97 Å². The van der Waals surface area contributed by atoms with Crippen LogP contribution in [0.3, 0.4) is 0 Å². The van der Waals surface area contributed by atoms with Crippen LogP contribution in [0.5, 0.6) is 0 Å². The van der Waals surface area contributed by atoms with Crippen molar-refractivity contribution in [2.45, 2.75) is 65.0 Å². The molecule has 1 saturated heterocycles. The zero-order valence-electron chi connectivity index (χ0n) is 16.4. The van der Waals surface area contributed by atoms with Crippen LogP contribution < -0.4 is 5.32 Å². The van der Waals surface area contributed by atoms with Crippen molar-refractivity contribution in [2.24, 2.45) is 5.92 Å². The van der Waals surface area contributed by atoms with E-state index in [1.807, 2.05) is 6.92 Å². The summed E-state index contributed by atoms with van der Waals surface area (Å²) in [4.78, 5) is 28.7. The number of carbonyl (C=O) groups is 2. The Labute approximate surface area is 164 Å². The summed E-state index contributed by atoms with van der Waals surface area (Å²) in [6.07, 6.45) is 3.97. The highest BCUT2D eigenvalue weighted by Crippen LogP contribution is 2.40. The van der Waals surface area contributed by atoms with Crippen molar-refractivity contribution in [1.29, 1.82) is 0 Å². The van der Waals surface area contributed by atoms with Gasteiger partial charge in [0.1, 0.15) is 5.00 Å². The number of aliphatic hydroxyl groups excluding tert-OH is 1. The van der Waals surface area contributed by atoms with Crippen LogP contribution in [0.4, 0.5) is 5.00 Å². The van der Waals surface area contributed by atoms with E-state index in [1.165, 1.54) is 16.2 Å². The molecule has 0 aromatic carbocycles. The number of fused-ring (bicyclic) bond motifs is 1. The molecule has 2 heterocycles. The standard InChI is InChI=1S/C20H30N2O4S/c1-4-26-20(25)17-15-6-5-12(2)11-16(15)27-19(17)21-18(24)13(3)22-9-7-14(23)8-10-22/h12-14,23H,4-11H2,1-3H3,(H,21,24). The van der Waals surface area contributed by atoms with Crippen LogP contribution in [0.1, 0.15) is 60.8 Å². The molecule has 150 valence electrons. The monoisotopic (exact) mass is 394 g/mol. The van der Waals surface area contributed by atoms with Crippen LogP contribution in [0, 0.1) is 5.92 Å². The molecule has 1 aromatic rings. The van der Waals surface area contributed by atoms with Gasteiger partial charge in [-0.3, -0.25) is 9.69 Å². The Kier molecular flexibility index (Phi) is 6.55. The number of rotatable bonds is 5. The molecule has 0 radical (unpaired) electrons. The fourth-order valence-corrected chi connectivity index (χ4v) is 5.32. The van der Waals surface area contributed by atoms with Gasteiger partial charge in [0.25, 0.3) is 0 Å². The van der Waals surface area contributed by atoms with E-state index in [0.29, 0.717) is 49.0 Å². The zero-order chi connectivity index (χ0) is 19.6. The number of nitrogens with zero attached hydrogens (tertiary/aromatic N) is 1. The number of nitrogens with one attached hydrogen (secondary N) is 1. The van der Waals surface area contributed by atoms with Gasteiger partial charge in [0, 0.05) is 18.0 Å². The number of anilines is 1. The third-order valence-corrected chi connectivity index (χ3v) is 6.82. The minimum absolute atomic E-state index is 0.108. The molecule has 7 heteroatoms. The number of hydrogen-bond acceptors (Lipinski definition) is 6. The predicted octanol–water partition coefficient (Wildman–Crippen LogP) is 2.83. The van der Waals surface area contributed by atoms with Gasteiger partial charge < -0.3 is 15.2 Å². The molecule has 2 unspecified atom stereocenters. The predicted molar refractivity (Wildman–Crippen MR) is 106 cm³/mol. The zero-order valence-corrected chi connectivity index (χ0v) is 17.2. The van der Waals surface area contributed by atoms with Crippen LogP contribution >= 0.6 is 11.3 Å². The van der Waals surface area contributed by atoms with Crippen LogP contribution in [0.2, 0.25) is 0 Å². The molecule has 0 spiro atoms. The maximum atomic E-state index is 12.8. The Morgan fingerprint density at radius 1 is 1.33 bits per heavy atom. The molecular weight excluding hydrogens is 364 g/mol. The molecular formula is C20H30N2O4S. The third kappa shape index (κ3) is 4.52. The summed E-state index contributed by atoms with van der Waals surface area (Å²) in [5.74, 6) is 0.144. The van der Waals surface area contributed by atoms with Gasteiger partial charge in [-0.1, -0.05) is 6.92 Å². The highest BCUT2D eigenvalue weighted by atomic mass is 32.1. The molecule has 0 saturated carbocycles. The Bertz CT molecular complexity index is 694. The third-order valence-electron chi connectivity index (χ3n) is 5.65. The minimum Gasteiger partial charge on any atom is -0.462 e. The molecule has 1 aromatic heterocycles. The number of ether oxygens (including phenoxy) is 1. The Morgan fingerprint density at radius 2 is 2.04 bits per heavy atom. The summed E-state index contributed by atoms with van der Waals surface area (Å²) in [5, 5.41) is 13.3. The topological polar surface area (TPSA) is 78.9 Å². The average molecular weight is 395 g/mol. The lowest BCUT2D eigenvalue weighted by molar-refractivity contribution is -0.121. The molecule has 1 fully saturated rings. The van der Waals surface area contributed by atoms with Crippen LogP contribution in [-0.2, 0) is 22.4 Å². The van der Waals surface area contributed by atoms with Gasteiger partial charge in [0.2, 0.25) is 5.91 Å². The van der Waals surface area contributed by atoms with E-state index in [1.54, 1.807) is 6.92 Å². The van der Waals surface area contributed by atoms with Crippen molar-refractivity contribution in [1.82, 2.24) is 4.90 Å². The van der Waals surface area contributed by atoms with E-state index in [-0.39, 0.29) is 24.0 Å². The molecule has 2 aliphatic rings. The van der Waals surface area contributed by atoms with Crippen molar-refractivity contribution in [3.05, 3.63) is 16.0 Å². The van der Waals surface area contributed by atoms with E-state index in [0.717, 1.165) is 24.8 Å². The quantitative estimate of drug-likeness (QED) is 0.751. The first-order valence-electron chi connectivity index (χ1n) is 9.95.